The van der Waals surface area contributed by atoms with Gasteiger partial charge in [0.1, 0.15) is 12.2 Å². The van der Waals surface area contributed by atoms with Gasteiger partial charge in [-0.25, -0.2) is 4.98 Å². The minimum Gasteiger partial charge on any atom is -0.388 e. The van der Waals surface area contributed by atoms with Gasteiger partial charge >= 0.3 is 0 Å². The van der Waals surface area contributed by atoms with Crippen LogP contribution in [0.5, 0.6) is 0 Å². The van der Waals surface area contributed by atoms with E-state index in [-0.39, 0.29) is 0 Å². The van der Waals surface area contributed by atoms with Crippen LogP contribution < -0.4 is 0 Å². The van der Waals surface area contributed by atoms with Crippen LogP contribution in [0.3, 0.4) is 0 Å². The van der Waals surface area contributed by atoms with Crippen molar-refractivity contribution in [3.63, 3.8) is 0 Å². The van der Waals surface area contributed by atoms with E-state index < -0.39 is 6.10 Å². The standard InChI is InChI=1S/C12H16N4O/c1-8-4-5-10(9(2)15-8)11(17)6-12-13-7-14-16(12)3/h4-5,7,11,17H,6H2,1-3H3. The summed E-state index contributed by atoms with van der Waals surface area (Å²) >= 11 is 0. The maximum Gasteiger partial charge on any atom is 0.138 e. The predicted molar refractivity (Wildman–Crippen MR) is 63.4 cm³/mol. The highest BCUT2D eigenvalue weighted by Crippen LogP contribution is 2.19. The summed E-state index contributed by atoms with van der Waals surface area (Å²) < 4.78 is 1.67. The highest BCUT2D eigenvalue weighted by atomic mass is 16.3. The Morgan fingerprint density at radius 3 is 2.71 bits per heavy atom. The molecule has 17 heavy (non-hydrogen) atoms. The number of aliphatic hydroxyl groups excluding tert-OH is 1. The molecule has 90 valence electrons. The molecule has 0 aliphatic carbocycles. The Morgan fingerprint density at radius 2 is 2.12 bits per heavy atom. The van der Waals surface area contributed by atoms with E-state index in [9.17, 15) is 5.11 Å². The van der Waals surface area contributed by atoms with Crippen molar-refractivity contribution in [3.8, 4) is 0 Å². The highest BCUT2D eigenvalue weighted by molar-refractivity contribution is 5.24. The second-order valence-corrected chi connectivity index (χ2v) is 4.15. The number of pyridine rings is 1. The molecule has 0 saturated carbocycles. The van der Waals surface area contributed by atoms with Gasteiger partial charge in [-0.2, -0.15) is 5.10 Å². The molecule has 0 aromatic carbocycles. The zero-order valence-corrected chi connectivity index (χ0v) is 10.3. The van der Waals surface area contributed by atoms with E-state index in [2.05, 4.69) is 15.1 Å². The summed E-state index contributed by atoms with van der Waals surface area (Å²) in [5.74, 6) is 0.762. The lowest BCUT2D eigenvalue weighted by atomic mass is 10.0. The van der Waals surface area contributed by atoms with Crippen LogP contribution in [-0.4, -0.2) is 24.9 Å². The molecule has 0 aliphatic rings. The Hall–Kier alpha value is -1.75. The van der Waals surface area contributed by atoms with Crippen LogP contribution in [0.15, 0.2) is 18.5 Å². The van der Waals surface area contributed by atoms with Gasteiger partial charge in [-0.05, 0) is 19.9 Å². The van der Waals surface area contributed by atoms with Crippen LogP contribution in [-0.2, 0) is 13.5 Å². The van der Waals surface area contributed by atoms with Crippen molar-refractivity contribution >= 4 is 0 Å². The molecule has 0 amide bonds. The third-order valence-electron chi connectivity index (χ3n) is 2.81. The summed E-state index contributed by atoms with van der Waals surface area (Å²) in [5, 5.41) is 14.1. The Bertz CT molecular complexity index is 521. The van der Waals surface area contributed by atoms with E-state index in [1.165, 1.54) is 6.33 Å². The lowest BCUT2D eigenvalue weighted by molar-refractivity contribution is 0.173. The molecular weight excluding hydrogens is 216 g/mol. The summed E-state index contributed by atoms with van der Waals surface area (Å²) in [4.78, 5) is 8.44. The van der Waals surface area contributed by atoms with Crippen molar-refractivity contribution < 1.29 is 5.11 Å². The monoisotopic (exact) mass is 232 g/mol. The van der Waals surface area contributed by atoms with Crippen molar-refractivity contribution in [2.75, 3.05) is 0 Å². The van der Waals surface area contributed by atoms with Gasteiger partial charge in [0.15, 0.2) is 0 Å². The Balaban J connectivity index is 2.20. The highest BCUT2D eigenvalue weighted by Gasteiger charge is 2.14. The summed E-state index contributed by atoms with van der Waals surface area (Å²) in [6.45, 7) is 3.84. The van der Waals surface area contributed by atoms with Crippen LogP contribution in [0.1, 0.15) is 28.9 Å². The van der Waals surface area contributed by atoms with Gasteiger partial charge in [-0.3, -0.25) is 9.67 Å². The van der Waals surface area contributed by atoms with Crippen LogP contribution in [0.4, 0.5) is 0 Å². The van der Waals surface area contributed by atoms with Crippen LogP contribution >= 0.6 is 0 Å². The Morgan fingerprint density at radius 1 is 1.35 bits per heavy atom. The third-order valence-corrected chi connectivity index (χ3v) is 2.81. The molecule has 1 atom stereocenters. The lowest BCUT2D eigenvalue weighted by Crippen LogP contribution is -2.09. The van der Waals surface area contributed by atoms with Gasteiger partial charge in [0.05, 0.1) is 6.10 Å². The van der Waals surface area contributed by atoms with Crippen molar-refractivity contribution in [1.29, 1.82) is 0 Å². The largest absolute Gasteiger partial charge is 0.388 e. The van der Waals surface area contributed by atoms with Crippen molar-refractivity contribution in [1.82, 2.24) is 19.7 Å². The zero-order valence-electron chi connectivity index (χ0n) is 10.3. The third kappa shape index (κ3) is 2.50. The molecule has 2 aromatic heterocycles. The lowest BCUT2D eigenvalue weighted by Gasteiger charge is -2.12. The fourth-order valence-electron chi connectivity index (χ4n) is 1.84. The first-order chi connectivity index (χ1) is 8.08. The first-order valence-corrected chi connectivity index (χ1v) is 5.53. The molecule has 1 N–H and O–H groups in total. The number of aryl methyl sites for hydroxylation is 3. The van der Waals surface area contributed by atoms with E-state index >= 15 is 0 Å². The van der Waals surface area contributed by atoms with Crippen LogP contribution in [0, 0.1) is 13.8 Å². The van der Waals surface area contributed by atoms with Gasteiger partial charge in [-0.1, -0.05) is 6.07 Å². The minimum absolute atomic E-state index is 0.447. The van der Waals surface area contributed by atoms with Gasteiger partial charge in [-0.15, -0.1) is 0 Å². The summed E-state index contributed by atoms with van der Waals surface area (Å²) in [7, 11) is 1.81. The fraction of sp³-hybridized carbons (Fsp3) is 0.417. The molecule has 0 radical (unpaired) electrons. The number of hydrogen-bond acceptors (Lipinski definition) is 4. The number of rotatable bonds is 3. The van der Waals surface area contributed by atoms with Crippen molar-refractivity contribution in [3.05, 3.63) is 41.2 Å². The first kappa shape index (κ1) is 11.7. The molecule has 2 rings (SSSR count). The van der Waals surface area contributed by atoms with E-state index in [0.29, 0.717) is 6.42 Å². The van der Waals surface area contributed by atoms with Crippen molar-refractivity contribution in [2.24, 2.45) is 7.05 Å². The molecule has 0 aliphatic heterocycles. The number of aliphatic hydroxyl groups is 1. The predicted octanol–water partition coefficient (Wildman–Crippen LogP) is 1.10. The molecule has 0 spiro atoms. The molecule has 5 heteroatoms. The summed E-state index contributed by atoms with van der Waals surface area (Å²) in [6.07, 6.45) is 1.34. The quantitative estimate of drug-likeness (QED) is 0.860. The smallest absolute Gasteiger partial charge is 0.138 e. The molecule has 2 heterocycles. The van der Waals surface area contributed by atoms with Crippen LogP contribution in [0.2, 0.25) is 0 Å². The second kappa shape index (κ2) is 4.63. The fourth-order valence-corrected chi connectivity index (χ4v) is 1.84. The van der Waals surface area contributed by atoms with Gasteiger partial charge in [0.25, 0.3) is 0 Å². The summed E-state index contributed by atoms with van der Waals surface area (Å²) in [6, 6.07) is 3.82. The van der Waals surface area contributed by atoms with Crippen LogP contribution in [0.25, 0.3) is 0 Å². The van der Waals surface area contributed by atoms with Gasteiger partial charge < -0.3 is 5.11 Å². The van der Waals surface area contributed by atoms with Crippen molar-refractivity contribution in [2.45, 2.75) is 26.4 Å². The molecule has 0 fully saturated rings. The number of aromatic nitrogens is 4. The average molecular weight is 232 g/mol. The maximum atomic E-state index is 10.2. The normalized spacial score (nSPS) is 12.7. The number of hydrogen-bond donors (Lipinski definition) is 1. The van der Waals surface area contributed by atoms with E-state index in [1.807, 2.05) is 33.0 Å². The molecular formula is C12H16N4O. The molecule has 2 aromatic rings. The van der Waals surface area contributed by atoms with E-state index in [0.717, 1.165) is 22.8 Å². The second-order valence-electron chi connectivity index (χ2n) is 4.15. The van der Waals surface area contributed by atoms with Gasteiger partial charge in [0.2, 0.25) is 0 Å². The Labute approximate surface area is 100 Å². The Kier molecular flexibility index (Phi) is 3.19. The topological polar surface area (TPSA) is 63.8 Å². The van der Waals surface area contributed by atoms with E-state index in [4.69, 9.17) is 0 Å². The zero-order chi connectivity index (χ0) is 12.4. The summed E-state index contributed by atoms with van der Waals surface area (Å²) in [5.41, 5.74) is 2.66. The van der Waals surface area contributed by atoms with E-state index in [1.54, 1.807) is 4.68 Å². The SMILES string of the molecule is Cc1ccc(C(O)Cc2ncnn2C)c(C)n1. The molecule has 1 unspecified atom stereocenters. The molecule has 0 saturated heterocycles. The number of nitrogens with zero attached hydrogens (tertiary/aromatic N) is 4. The molecule has 0 bridgehead atoms. The van der Waals surface area contributed by atoms with Gasteiger partial charge in [0, 0.05) is 30.4 Å². The molecule has 5 nitrogen and oxygen atoms in total. The average Bonchev–Trinajstić information content (AvgIpc) is 2.64. The minimum atomic E-state index is -0.592. The first-order valence-electron chi connectivity index (χ1n) is 5.53. The maximum absolute atomic E-state index is 10.2.